The summed E-state index contributed by atoms with van der Waals surface area (Å²) in [4.78, 5) is 56.7. The molecule has 0 bridgehead atoms. The van der Waals surface area contributed by atoms with Crippen LogP contribution < -0.4 is 20.3 Å². The van der Waals surface area contributed by atoms with Crippen LogP contribution in [0.25, 0.3) is 6.08 Å². The molecule has 2 heterocycles. The van der Waals surface area contributed by atoms with Gasteiger partial charge in [-0.2, -0.15) is 5.26 Å². The van der Waals surface area contributed by atoms with E-state index in [-0.39, 0.29) is 48.5 Å². The topological polar surface area (TPSA) is 160 Å². The van der Waals surface area contributed by atoms with Gasteiger partial charge in [-0.25, -0.2) is 4.79 Å². The van der Waals surface area contributed by atoms with E-state index in [9.17, 15) is 24.4 Å². The van der Waals surface area contributed by atoms with E-state index in [1.54, 1.807) is 18.5 Å². The number of esters is 2. The van der Waals surface area contributed by atoms with Gasteiger partial charge in [-0.05, 0) is 54.8 Å². The molecule has 1 atom stereocenters. The van der Waals surface area contributed by atoms with Gasteiger partial charge in [0.25, 0.3) is 0 Å². The Balaban J connectivity index is 1.49. The minimum atomic E-state index is -0.781. The number of ether oxygens (including phenoxy) is 3. The first-order valence-corrected chi connectivity index (χ1v) is 15.1. The third-order valence-electron chi connectivity index (χ3n) is 7.49. The van der Waals surface area contributed by atoms with Crippen molar-refractivity contribution in [3.8, 4) is 11.8 Å². The summed E-state index contributed by atoms with van der Waals surface area (Å²) in [5.74, 6) is -2.07. The van der Waals surface area contributed by atoms with Gasteiger partial charge in [-0.15, -0.1) is 0 Å². The smallest absolute Gasteiger partial charge is 0.354 e. The molecule has 1 aliphatic heterocycles. The molecule has 2 amide bonds. The highest BCUT2D eigenvalue weighted by atomic mass is 16.5. The van der Waals surface area contributed by atoms with E-state index in [4.69, 9.17) is 14.2 Å². The number of nitrogens with zero attached hydrogens (tertiary/aromatic N) is 3. The third-order valence-corrected chi connectivity index (χ3v) is 7.49. The van der Waals surface area contributed by atoms with Crippen molar-refractivity contribution in [3.05, 3.63) is 95.4 Å². The Labute approximate surface area is 273 Å². The first-order valence-electron chi connectivity index (χ1n) is 15.1. The number of nitrogens with one attached hydrogen (secondary N) is 2. The Morgan fingerprint density at radius 1 is 1.06 bits per heavy atom. The predicted molar refractivity (Wildman–Crippen MR) is 172 cm³/mol. The Morgan fingerprint density at radius 2 is 1.79 bits per heavy atom. The Hall–Kier alpha value is -5.70. The molecule has 4 rings (SSSR count). The van der Waals surface area contributed by atoms with E-state index >= 15 is 0 Å². The van der Waals surface area contributed by atoms with Crippen molar-refractivity contribution in [2.24, 2.45) is 5.92 Å². The Kier molecular flexibility index (Phi) is 12.4. The first-order chi connectivity index (χ1) is 22.7. The summed E-state index contributed by atoms with van der Waals surface area (Å²) in [6.45, 7) is 2.56. The number of nitriles is 1. The molecule has 0 saturated carbocycles. The molecule has 47 heavy (non-hydrogen) atoms. The van der Waals surface area contributed by atoms with E-state index in [1.165, 1.54) is 32.2 Å². The van der Waals surface area contributed by atoms with Crippen LogP contribution in [-0.4, -0.2) is 61.6 Å². The number of pyridine rings is 1. The molecule has 1 saturated heterocycles. The molecule has 12 nitrogen and oxygen atoms in total. The summed E-state index contributed by atoms with van der Waals surface area (Å²) >= 11 is 0. The summed E-state index contributed by atoms with van der Waals surface area (Å²) in [5, 5.41) is 14.9. The lowest BCUT2D eigenvalue weighted by Gasteiger charge is -2.33. The average Bonchev–Trinajstić information content (AvgIpc) is 3.10. The van der Waals surface area contributed by atoms with E-state index in [1.807, 2.05) is 48.5 Å². The van der Waals surface area contributed by atoms with Gasteiger partial charge >= 0.3 is 11.9 Å². The van der Waals surface area contributed by atoms with Gasteiger partial charge in [0, 0.05) is 49.6 Å². The lowest BCUT2D eigenvalue weighted by atomic mass is 9.95. The maximum Gasteiger partial charge on any atom is 0.354 e. The van der Waals surface area contributed by atoms with Gasteiger partial charge in [-0.1, -0.05) is 30.3 Å². The summed E-state index contributed by atoms with van der Waals surface area (Å²) < 4.78 is 16.4. The van der Waals surface area contributed by atoms with Crippen LogP contribution in [0.4, 0.5) is 5.69 Å². The van der Waals surface area contributed by atoms with Crippen molar-refractivity contribution in [2.45, 2.75) is 38.8 Å². The van der Waals surface area contributed by atoms with Crippen molar-refractivity contribution in [2.75, 3.05) is 31.7 Å². The van der Waals surface area contributed by atoms with Gasteiger partial charge in [0.05, 0.1) is 31.2 Å². The summed E-state index contributed by atoms with van der Waals surface area (Å²) in [6.07, 6.45) is 5.91. The fourth-order valence-corrected chi connectivity index (χ4v) is 5.06. The lowest BCUT2D eigenvalue weighted by Crippen LogP contribution is -2.46. The molecular weight excluding hydrogens is 602 g/mol. The zero-order valence-corrected chi connectivity index (χ0v) is 26.3. The quantitative estimate of drug-likeness (QED) is 0.209. The van der Waals surface area contributed by atoms with Crippen LogP contribution in [0.2, 0.25) is 0 Å². The number of piperidine rings is 1. The van der Waals surface area contributed by atoms with E-state index in [0.29, 0.717) is 31.5 Å². The molecule has 244 valence electrons. The lowest BCUT2D eigenvalue weighted by molar-refractivity contribution is -0.146. The standard InChI is InChI=1S/C35H37N5O7/c1-24(41)38-31(35(44)45-2)19-28-9-8-26(21-36)18-32(28)46-23-29(20-33(42)47-22-25-6-4-3-5-7-25)39-34(43)27-12-16-40(17-13-27)30-10-14-37-15-11-30/h3-11,14-15,18-19,27,29H,12-13,16-17,20,22-23H2,1-2H3,(H,38,41)(H,39,43)/b31-19-/t29-/m1/s1. The van der Waals surface area contributed by atoms with Crippen LogP contribution >= 0.6 is 0 Å². The van der Waals surface area contributed by atoms with Crippen molar-refractivity contribution in [1.29, 1.82) is 5.26 Å². The molecule has 2 N–H and O–H groups in total. The molecule has 12 heteroatoms. The van der Waals surface area contributed by atoms with Crippen molar-refractivity contribution >= 4 is 35.5 Å². The third kappa shape index (κ3) is 10.4. The second kappa shape index (κ2) is 17.1. The minimum absolute atomic E-state index is 0.0767. The van der Waals surface area contributed by atoms with Gasteiger partial charge in [0.15, 0.2) is 0 Å². The highest BCUT2D eigenvalue weighted by Gasteiger charge is 2.28. The second-order valence-electron chi connectivity index (χ2n) is 10.9. The average molecular weight is 640 g/mol. The molecule has 0 aliphatic carbocycles. The van der Waals surface area contributed by atoms with Crippen LogP contribution in [0.1, 0.15) is 42.9 Å². The van der Waals surface area contributed by atoms with Gasteiger partial charge in [0.1, 0.15) is 24.7 Å². The number of hydrogen-bond donors (Lipinski definition) is 2. The Bertz CT molecular complexity index is 1610. The fraction of sp³-hybridized carbons (Fsp3) is 0.314. The second-order valence-corrected chi connectivity index (χ2v) is 10.9. The summed E-state index contributed by atoms with van der Waals surface area (Å²) in [6, 6.07) is 18.9. The van der Waals surface area contributed by atoms with Crippen molar-refractivity contribution in [1.82, 2.24) is 15.6 Å². The van der Waals surface area contributed by atoms with Gasteiger partial charge in [-0.3, -0.25) is 19.4 Å². The van der Waals surface area contributed by atoms with E-state index < -0.39 is 23.9 Å². The molecule has 3 aromatic rings. The predicted octanol–water partition coefficient (Wildman–Crippen LogP) is 3.52. The van der Waals surface area contributed by atoms with Gasteiger partial charge < -0.3 is 29.7 Å². The normalized spacial score (nSPS) is 13.9. The minimum Gasteiger partial charge on any atom is -0.491 e. The zero-order chi connectivity index (χ0) is 33.6. The molecule has 0 radical (unpaired) electrons. The maximum atomic E-state index is 13.5. The number of carbonyl (C=O) groups excluding carboxylic acids is 4. The molecule has 0 spiro atoms. The van der Waals surface area contributed by atoms with Crippen LogP contribution in [0.15, 0.2) is 78.8 Å². The Morgan fingerprint density at radius 3 is 2.45 bits per heavy atom. The van der Waals surface area contributed by atoms with Crippen molar-refractivity contribution < 1.29 is 33.4 Å². The number of rotatable bonds is 13. The number of aromatic nitrogens is 1. The highest BCUT2D eigenvalue weighted by molar-refractivity contribution is 5.97. The fourth-order valence-electron chi connectivity index (χ4n) is 5.06. The van der Waals surface area contributed by atoms with Crippen LogP contribution in [0, 0.1) is 17.2 Å². The summed E-state index contributed by atoms with van der Waals surface area (Å²) in [5.41, 5.74) is 2.37. The molecule has 1 fully saturated rings. The SMILES string of the molecule is COC(=O)/C(=C/c1ccc(C#N)cc1OC[C@@H](CC(=O)OCc1ccccc1)NC(=O)C1CCN(c2ccncc2)CC1)NC(C)=O. The van der Waals surface area contributed by atoms with Crippen LogP contribution in [0.5, 0.6) is 5.75 Å². The van der Waals surface area contributed by atoms with Crippen molar-refractivity contribution in [3.63, 3.8) is 0 Å². The maximum absolute atomic E-state index is 13.5. The molecule has 2 aromatic carbocycles. The number of hydrogen-bond acceptors (Lipinski definition) is 10. The highest BCUT2D eigenvalue weighted by Crippen LogP contribution is 2.25. The largest absolute Gasteiger partial charge is 0.491 e. The van der Waals surface area contributed by atoms with Crippen LogP contribution in [-0.2, 0) is 35.3 Å². The van der Waals surface area contributed by atoms with Crippen LogP contribution in [0.3, 0.4) is 0 Å². The van der Waals surface area contributed by atoms with Gasteiger partial charge in [0.2, 0.25) is 11.8 Å². The number of carbonyl (C=O) groups is 4. The monoisotopic (exact) mass is 639 g/mol. The molecule has 0 unspecified atom stereocenters. The molecule has 1 aliphatic rings. The zero-order valence-electron chi connectivity index (χ0n) is 26.3. The molecular formula is C35H37N5O7. The van der Waals surface area contributed by atoms with E-state index in [0.717, 1.165) is 11.3 Å². The van der Waals surface area contributed by atoms with E-state index in [2.05, 4.69) is 20.5 Å². The number of methoxy groups -OCH3 is 1. The number of amides is 2. The number of benzene rings is 2. The summed E-state index contributed by atoms with van der Waals surface area (Å²) in [7, 11) is 1.18. The molecule has 1 aromatic heterocycles. The number of anilines is 1. The first kappa shape index (κ1) is 34.2.